The van der Waals surface area contributed by atoms with Crippen molar-refractivity contribution < 1.29 is 14.3 Å². The molecule has 0 aliphatic carbocycles. The lowest BCUT2D eigenvalue weighted by atomic mass is 10.3. The van der Waals surface area contributed by atoms with Crippen LogP contribution in [-0.2, 0) is 4.79 Å². The van der Waals surface area contributed by atoms with Crippen LogP contribution >= 0.6 is 34.8 Å². The number of carbonyl (C=O) groups excluding carboxylic acids is 2. The van der Waals surface area contributed by atoms with Crippen LogP contribution in [0.3, 0.4) is 0 Å². The Morgan fingerprint density at radius 1 is 1.15 bits per heavy atom. The number of benzene rings is 1. The van der Waals surface area contributed by atoms with Crippen LogP contribution in [0, 0.1) is 0 Å². The first-order valence-electron chi connectivity index (χ1n) is 5.67. The monoisotopic (exact) mass is 338 g/mol. The molecule has 0 atom stereocenters. The van der Waals surface area contributed by atoms with Crippen LogP contribution in [0.5, 0.6) is 5.75 Å². The fraction of sp³-hybridized carbons (Fsp3) is 0.333. The van der Waals surface area contributed by atoms with Crippen LogP contribution in [0.4, 0.5) is 4.79 Å². The Bertz CT molecular complexity index is 521. The highest BCUT2D eigenvalue weighted by Gasteiger charge is 2.12. The number of amides is 3. The summed E-state index contributed by atoms with van der Waals surface area (Å²) in [7, 11) is 0. The molecule has 2 N–H and O–H groups in total. The van der Waals surface area contributed by atoms with Crippen molar-refractivity contribution in [3.63, 3.8) is 0 Å². The molecule has 0 heterocycles. The molecule has 0 unspecified atom stereocenters. The van der Waals surface area contributed by atoms with Gasteiger partial charge in [-0.3, -0.25) is 10.1 Å². The van der Waals surface area contributed by atoms with Gasteiger partial charge in [-0.1, -0.05) is 34.8 Å². The highest BCUT2D eigenvalue weighted by Crippen LogP contribution is 2.33. The van der Waals surface area contributed by atoms with Crippen molar-refractivity contribution in [1.82, 2.24) is 10.6 Å². The van der Waals surface area contributed by atoms with Gasteiger partial charge in [0, 0.05) is 12.1 Å². The molecule has 0 saturated carbocycles. The van der Waals surface area contributed by atoms with Crippen molar-refractivity contribution in [2.24, 2.45) is 0 Å². The van der Waals surface area contributed by atoms with Gasteiger partial charge in [-0.2, -0.15) is 0 Å². The number of rotatable bonds is 4. The summed E-state index contributed by atoms with van der Waals surface area (Å²) in [4.78, 5) is 22.8. The van der Waals surface area contributed by atoms with Gasteiger partial charge in [-0.05, 0) is 19.9 Å². The van der Waals surface area contributed by atoms with E-state index in [-0.39, 0.29) is 33.5 Å². The maximum Gasteiger partial charge on any atom is 0.321 e. The van der Waals surface area contributed by atoms with Crippen LogP contribution in [0.1, 0.15) is 13.8 Å². The molecule has 0 spiro atoms. The number of carbonyl (C=O) groups is 2. The molecule has 0 aromatic heterocycles. The Balaban J connectivity index is 2.53. The maximum atomic E-state index is 11.5. The van der Waals surface area contributed by atoms with Gasteiger partial charge in [0.05, 0.1) is 15.1 Å². The predicted molar refractivity (Wildman–Crippen MR) is 78.8 cm³/mol. The molecule has 1 rings (SSSR count). The van der Waals surface area contributed by atoms with E-state index in [1.54, 1.807) is 13.8 Å². The molecule has 8 heteroatoms. The number of halogens is 3. The van der Waals surface area contributed by atoms with E-state index in [9.17, 15) is 9.59 Å². The van der Waals surface area contributed by atoms with E-state index < -0.39 is 11.9 Å². The van der Waals surface area contributed by atoms with E-state index in [0.717, 1.165) is 0 Å². The summed E-state index contributed by atoms with van der Waals surface area (Å²) < 4.78 is 5.17. The largest absolute Gasteiger partial charge is 0.482 e. The van der Waals surface area contributed by atoms with Crippen LogP contribution in [0.2, 0.25) is 15.1 Å². The van der Waals surface area contributed by atoms with Gasteiger partial charge in [-0.15, -0.1) is 0 Å². The number of imide groups is 1. The molecular formula is C12H13Cl3N2O3. The van der Waals surface area contributed by atoms with Gasteiger partial charge in [0.1, 0.15) is 5.75 Å². The molecule has 20 heavy (non-hydrogen) atoms. The van der Waals surface area contributed by atoms with Crippen molar-refractivity contribution in [3.8, 4) is 5.75 Å². The first-order chi connectivity index (χ1) is 9.29. The lowest BCUT2D eigenvalue weighted by Gasteiger charge is -2.11. The Morgan fingerprint density at radius 3 is 2.35 bits per heavy atom. The quantitative estimate of drug-likeness (QED) is 0.827. The van der Waals surface area contributed by atoms with Crippen molar-refractivity contribution in [3.05, 3.63) is 27.2 Å². The van der Waals surface area contributed by atoms with Crippen molar-refractivity contribution in [2.45, 2.75) is 19.9 Å². The van der Waals surface area contributed by atoms with Gasteiger partial charge >= 0.3 is 6.03 Å². The zero-order valence-corrected chi connectivity index (χ0v) is 13.1. The molecule has 0 bridgehead atoms. The topological polar surface area (TPSA) is 67.4 Å². The van der Waals surface area contributed by atoms with E-state index in [1.165, 1.54) is 12.1 Å². The lowest BCUT2D eigenvalue weighted by molar-refractivity contribution is -0.122. The molecule has 0 aliphatic rings. The second kappa shape index (κ2) is 7.57. The minimum atomic E-state index is -0.606. The summed E-state index contributed by atoms with van der Waals surface area (Å²) in [5.74, 6) is -0.397. The summed E-state index contributed by atoms with van der Waals surface area (Å²) >= 11 is 17.4. The number of urea groups is 1. The molecule has 5 nitrogen and oxygen atoms in total. The number of ether oxygens (including phenoxy) is 1. The number of hydrogen-bond acceptors (Lipinski definition) is 3. The van der Waals surface area contributed by atoms with Crippen molar-refractivity contribution in [2.75, 3.05) is 6.61 Å². The highest BCUT2D eigenvalue weighted by molar-refractivity contribution is 6.43. The molecular weight excluding hydrogens is 327 g/mol. The van der Waals surface area contributed by atoms with E-state index >= 15 is 0 Å². The predicted octanol–water partition coefficient (Wildman–Crippen LogP) is 3.26. The number of hydrogen-bond donors (Lipinski definition) is 2. The SMILES string of the molecule is CC(C)NC(=O)NC(=O)COc1cc(Cl)c(Cl)cc1Cl. The third-order valence-electron chi connectivity index (χ3n) is 2.01. The second-order valence-corrected chi connectivity index (χ2v) is 5.38. The Hall–Kier alpha value is -1.17. The van der Waals surface area contributed by atoms with Crippen molar-refractivity contribution in [1.29, 1.82) is 0 Å². The fourth-order valence-corrected chi connectivity index (χ4v) is 1.81. The fourth-order valence-electron chi connectivity index (χ4n) is 1.22. The van der Waals surface area contributed by atoms with E-state index in [2.05, 4.69) is 10.6 Å². The Labute approximate surface area is 131 Å². The molecule has 1 aromatic carbocycles. The molecule has 0 saturated heterocycles. The summed E-state index contributed by atoms with van der Waals surface area (Å²) in [6.07, 6.45) is 0. The van der Waals surface area contributed by atoms with E-state index in [0.29, 0.717) is 0 Å². The van der Waals surface area contributed by atoms with Crippen LogP contribution in [-0.4, -0.2) is 24.6 Å². The lowest BCUT2D eigenvalue weighted by Crippen LogP contribution is -2.44. The van der Waals surface area contributed by atoms with Crippen LogP contribution < -0.4 is 15.4 Å². The third-order valence-corrected chi connectivity index (χ3v) is 3.02. The smallest absolute Gasteiger partial charge is 0.321 e. The molecule has 3 amide bonds. The zero-order chi connectivity index (χ0) is 15.3. The Kier molecular flexibility index (Phi) is 6.39. The molecule has 110 valence electrons. The summed E-state index contributed by atoms with van der Waals surface area (Å²) in [6.45, 7) is 3.18. The summed E-state index contributed by atoms with van der Waals surface area (Å²) in [5.41, 5.74) is 0. The van der Waals surface area contributed by atoms with Gasteiger partial charge in [0.2, 0.25) is 0 Å². The van der Waals surface area contributed by atoms with Crippen LogP contribution in [0.25, 0.3) is 0 Å². The average molecular weight is 340 g/mol. The summed E-state index contributed by atoms with van der Waals surface area (Å²) in [5, 5.41) is 5.38. The normalized spacial score (nSPS) is 10.3. The molecule has 0 radical (unpaired) electrons. The maximum absolute atomic E-state index is 11.5. The van der Waals surface area contributed by atoms with Gasteiger partial charge in [0.15, 0.2) is 6.61 Å². The molecule has 1 aromatic rings. The third kappa shape index (κ3) is 5.45. The van der Waals surface area contributed by atoms with Gasteiger partial charge in [-0.25, -0.2) is 4.79 Å². The van der Waals surface area contributed by atoms with Gasteiger partial charge in [0.25, 0.3) is 5.91 Å². The average Bonchev–Trinajstić information content (AvgIpc) is 2.30. The standard InChI is InChI=1S/C12H13Cl3N2O3/c1-6(2)16-12(19)17-11(18)5-20-10-4-8(14)7(13)3-9(10)15/h3-4,6H,5H2,1-2H3,(H2,16,17,18,19). The first kappa shape index (κ1) is 16.9. The molecule has 0 fully saturated rings. The minimum absolute atomic E-state index is 0.0757. The van der Waals surface area contributed by atoms with Crippen molar-refractivity contribution >= 4 is 46.7 Å². The highest BCUT2D eigenvalue weighted by atomic mass is 35.5. The summed E-state index contributed by atoms with van der Waals surface area (Å²) in [6, 6.07) is 2.14. The Morgan fingerprint density at radius 2 is 1.75 bits per heavy atom. The zero-order valence-electron chi connectivity index (χ0n) is 10.8. The van der Waals surface area contributed by atoms with Gasteiger partial charge < -0.3 is 10.1 Å². The van der Waals surface area contributed by atoms with E-state index in [1.807, 2.05) is 0 Å². The second-order valence-electron chi connectivity index (χ2n) is 4.16. The minimum Gasteiger partial charge on any atom is -0.482 e. The molecule has 0 aliphatic heterocycles. The number of nitrogens with one attached hydrogen (secondary N) is 2. The van der Waals surface area contributed by atoms with Crippen LogP contribution in [0.15, 0.2) is 12.1 Å². The van der Waals surface area contributed by atoms with E-state index in [4.69, 9.17) is 39.5 Å². The first-order valence-corrected chi connectivity index (χ1v) is 6.80.